The van der Waals surface area contributed by atoms with E-state index in [1.54, 1.807) is 22.7 Å². The predicted octanol–water partition coefficient (Wildman–Crippen LogP) is 3.24. The van der Waals surface area contributed by atoms with E-state index in [0.717, 1.165) is 11.0 Å². The van der Waals surface area contributed by atoms with E-state index in [1.165, 1.54) is 9.75 Å². The molecule has 2 aromatic heterocycles. The lowest BCUT2D eigenvalue weighted by Crippen LogP contribution is -2.29. The SMILES string of the molecule is OC(CNCc1sccc1Br)COCc1cccs1. The Balaban J connectivity index is 1.57. The number of hydrogen-bond donors (Lipinski definition) is 2. The summed E-state index contributed by atoms with van der Waals surface area (Å²) in [4.78, 5) is 2.43. The van der Waals surface area contributed by atoms with Crippen LogP contribution in [0.1, 0.15) is 9.75 Å². The fraction of sp³-hybridized carbons (Fsp3) is 0.385. The van der Waals surface area contributed by atoms with Crippen molar-refractivity contribution in [2.24, 2.45) is 0 Å². The van der Waals surface area contributed by atoms with Gasteiger partial charge in [0.25, 0.3) is 0 Å². The van der Waals surface area contributed by atoms with Crippen molar-refractivity contribution in [3.63, 3.8) is 0 Å². The van der Waals surface area contributed by atoms with E-state index < -0.39 is 6.10 Å². The lowest BCUT2D eigenvalue weighted by atomic mass is 10.3. The molecule has 0 aliphatic heterocycles. The van der Waals surface area contributed by atoms with Crippen molar-refractivity contribution in [2.75, 3.05) is 13.2 Å². The van der Waals surface area contributed by atoms with Gasteiger partial charge in [0.1, 0.15) is 0 Å². The Kier molecular flexibility index (Phi) is 6.49. The summed E-state index contributed by atoms with van der Waals surface area (Å²) in [7, 11) is 0. The molecule has 0 bridgehead atoms. The molecule has 0 fully saturated rings. The highest BCUT2D eigenvalue weighted by atomic mass is 79.9. The number of thiophene rings is 2. The lowest BCUT2D eigenvalue weighted by molar-refractivity contribution is 0.0297. The van der Waals surface area contributed by atoms with E-state index in [0.29, 0.717) is 19.8 Å². The summed E-state index contributed by atoms with van der Waals surface area (Å²) in [5, 5.41) is 17.1. The maximum Gasteiger partial charge on any atom is 0.0897 e. The van der Waals surface area contributed by atoms with Crippen molar-refractivity contribution in [3.8, 4) is 0 Å². The summed E-state index contributed by atoms with van der Waals surface area (Å²) in [6.45, 7) is 2.23. The van der Waals surface area contributed by atoms with Gasteiger partial charge >= 0.3 is 0 Å². The van der Waals surface area contributed by atoms with Crippen molar-refractivity contribution in [1.29, 1.82) is 0 Å². The number of ether oxygens (including phenoxy) is 1. The molecule has 2 heterocycles. The molecular weight excluding hydrogens is 346 g/mol. The topological polar surface area (TPSA) is 41.5 Å². The molecule has 1 atom stereocenters. The van der Waals surface area contributed by atoms with Crippen LogP contribution in [-0.2, 0) is 17.9 Å². The van der Waals surface area contributed by atoms with Gasteiger partial charge in [-0.25, -0.2) is 0 Å². The molecule has 0 spiro atoms. The Morgan fingerprint density at radius 3 is 2.89 bits per heavy atom. The van der Waals surface area contributed by atoms with E-state index in [-0.39, 0.29) is 0 Å². The van der Waals surface area contributed by atoms with Crippen LogP contribution in [0.3, 0.4) is 0 Å². The molecule has 0 saturated heterocycles. The van der Waals surface area contributed by atoms with Crippen molar-refractivity contribution in [3.05, 3.63) is 43.2 Å². The van der Waals surface area contributed by atoms with Crippen LogP contribution >= 0.6 is 38.6 Å². The van der Waals surface area contributed by atoms with Gasteiger partial charge in [0.15, 0.2) is 0 Å². The number of aliphatic hydroxyl groups is 1. The molecule has 3 nitrogen and oxygen atoms in total. The van der Waals surface area contributed by atoms with E-state index in [1.807, 2.05) is 29.0 Å². The van der Waals surface area contributed by atoms with Crippen molar-refractivity contribution in [1.82, 2.24) is 5.32 Å². The van der Waals surface area contributed by atoms with Gasteiger partial charge in [-0.05, 0) is 38.8 Å². The molecule has 0 amide bonds. The van der Waals surface area contributed by atoms with Gasteiger partial charge in [-0.15, -0.1) is 22.7 Å². The van der Waals surface area contributed by atoms with Gasteiger partial charge in [-0.3, -0.25) is 0 Å². The quantitative estimate of drug-likeness (QED) is 0.758. The van der Waals surface area contributed by atoms with Crippen LogP contribution < -0.4 is 5.32 Å². The zero-order chi connectivity index (χ0) is 13.5. The highest BCUT2D eigenvalue weighted by Crippen LogP contribution is 2.22. The molecular formula is C13H16BrNO2S2. The number of aliphatic hydroxyl groups excluding tert-OH is 1. The molecule has 1 unspecified atom stereocenters. The fourth-order valence-electron chi connectivity index (χ4n) is 1.55. The second-order valence-electron chi connectivity index (χ2n) is 4.07. The largest absolute Gasteiger partial charge is 0.389 e. The number of halogens is 1. The maximum absolute atomic E-state index is 9.78. The first-order chi connectivity index (χ1) is 9.25. The number of hydrogen-bond acceptors (Lipinski definition) is 5. The lowest BCUT2D eigenvalue weighted by Gasteiger charge is -2.11. The minimum Gasteiger partial charge on any atom is -0.389 e. The molecule has 2 N–H and O–H groups in total. The maximum atomic E-state index is 9.78. The van der Waals surface area contributed by atoms with Crippen molar-refractivity contribution in [2.45, 2.75) is 19.3 Å². The monoisotopic (exact) mass is 361 g/mol. The highest BCUT2D eigenvalue weighted by Gasteiger charge is 2.06. The average Bonchev–Trinajstić information content (AvgIpc) is 3.02. The molecule has 19 heavy (non-hydrogen) atoms. The van der Waals surface area contributed by atoms with Gasteiger partial charge in [-0.1, -0.05) is 6.07 Å². The fourth-order valence-corrected chi connectivity index (χ4v) is 3.66. The third kappa shape index (κ3) is 5.33. The minimum absolute atomic E-state index is 0.358. The van der Waals surface area contributed by atoms with E-state index in [2.05, 4.69) is 21.2 Å². The second kappa shape index (κ2) is 8.14. The van der Waals surface area contributed by atoms with E-state index in [4.69, 9.17) is 4.74 Å². The summed E-state index contributed by atoms with van der Waals surface area (Å²) in [6.07, 6.45) is -0.473. The second-order valence-corrected chi connectivity index (χ2v) is 6.96. The Morgan fingerprint density at radius 1 is 1.32 bits per heavy atom. The van der Waals surface area contributed by atoms with Gasteiger partial charge in [0.2, 0.25) is 0 Å². The molecule has 0 aromatic carbocycles. The van der Waals surface area contributed by atoms with Gasteiger partial charge in [0, 0.05) is 27.3 Å². The summed E-state index contributed by atoms with van der Waals surface area (Å²) in [5.41, 5.74) is 0. The number of rotatable bonds is 8. The smallest absolute Gasteiger partial charge is 0.0897 e. The normalized spacial score (nSPS) is 12.7. The minimum atomic E-state index is -0.473. The third-order valence-electron chi connectivity index (χ3n) is 2.49. The van der Waals surface area contributed by atoms with E-state index >= 15 is 0 Å². The molecule has 0 aliphatic rings. The van der Waals surface area contributed by atoms with Crippen LogP contribution in [0.4, 0.5) is 0 Å². The van der Waals surface area contributed by atoms with Crippen LogP contribution in [0.15, 0.2) is 33.4 Å². The Bertz CT molecular complexity index is 473. The first kappa shape index (κ1) is 15.2. The molecule has 2 aromatic rings. The zero-order valence-electron chi connectivity index (χ0n) is 10.3. The van der Waals surface area contributed by atoms with Gasteiger partial charge < -0.3 is 15.2 Å². The Morgan fingerprint density at radius 2 is 2.21 bits per heavy atom. The van der Waals surface area contributed by atoms with Crippen LogP contribution in [0.5, 0.6) is 0 Å². The summed E-state index contributed by atoms with van der Waals surface area (Å²) < 4.78 is 6.58. The summed E-state index contributed by atoms with van der Waals surface area (Å²) in [6, 6.07) is 6.06. The van der Waals surface area contributed by atoms with Crippen LogP contribution in [0, 0.1) is 0 Å². The molecule has 104 valence electrons. The summed E-state index contributed by atoms with van der Waals surface area (Å²) in [5.74, 6) is 0. The predicted molar refractivity (Wildman–Crippen MR) is 83.7 cm³/mol. The molecule has 2 rings (SSSR count). The number of nitrogens with one attached hydrogen (secondary N) is 1. The van der Waals surface area contributed by atoms with Crippen molar-refractivity contribution >= 4 is 38.6 Å². The highest BCUT2D eigenvalue weighted by molar-refractivity contribution is 9.10. The first-order valence-electron chi connectivity index (χ1n) is 5.96. The Labute approximate surface area is 129 Å². The molecule has 0 saturated carbocycles. The first-order valence-corrected chi connectivity index (χ1v) is 8.51. The van der Waals surface area contributed by atoms with Gasteiger partial charge in [-0.2, -0.15) is 0 Å². The van der Waals surface area contributed by atoms with Crippen molar-refractivity contribution < 1.29 is 9.84 Å². The third-order valence-corrected chi connectivity index (χ3v) is 5.27. The van der Waals surface area contributed by atoms with Gasteiger partial charge in [0.05, 0.1) is 19.3 Å². The molecule has 0 radical (unpaired) electrons. The Hall–Kier alpha value is -0.240. The average molecular weight is 362 g/mol. The molecule has 6 heteroatoms. The van der Waals surface area contributed by atoms with Crippen LogP contribution in [0.25, 0.3) is 0 Å². The summed E-state index contributed by atoms with van der Waals surface area (Å²) >= 11 is 6.84. The molecule has 0 aliphatic carbocycles. The standard InChI is InChI=1S/C13H16BrNO2S2/c14-12-3-5-19-13(12)7-15-6-10(16)8-17-9-11-2-1-4-18-11/h1-5,10,15-16H,6-9H2. The van der Waals surface area contributed by atoms with E-state index in [9.17, 15) is 5.11 Å². The van der Waals surface area contributed by atoms with Crippen LogP contribution in [-0.4, -0.2) is 24.4 Å². The zero-order valence-corrected chi connectivity index (χ0v) is 13.6. The van der Waals surface area contributed by atoms with Crippen LogP contribution in [0.2, 0.25) is 0 Å².